The number of halogens is 1. The first-order chi connectivity index (χ1) is 8.74. The van der Waals surface area contributed by atoms with Crippen molar-refractivity contribution >= 4 is 11.6 Å². The van der Waals surface area contributed by atoms with Crippen molar-refractivity contribution in [3.05, 3.63) is 22.7 Å². The topological polar surface area (TPSA) is 50.7 Å². The molecule has 0 bridgehead atoms. The second-order valence-electron chi connectivity index (χ2n) is 4.85. The lowest BCUT2D eigenvalue weighted by Crippen LogP contribution is -2.27. The molecule has 1 heterocycles. The van der Waals surface area contributed by atoms with Gasteiger partial charge in [-0.2, -0.15) is 0 Å². The zero-order valence-corrected chi connectivity index (χ0v) is 10.7. The Hall–Kier alpha value is -0.970. The van der Waals surface area contributed by atoms with Gasteiger partial charge in [0.2, 0.25) is 6.79 Å². The summed E-state index contributed by atoms with van der Waals surface area (Å²) >= 11 is 6.09. The Morgan fingerprint density at radius 2 is 2.22 bits per heavy atom. The molecule has 1 aromatic carbocycles. The van der Waals surface area contributed by atoms with Crippen LogP contribution in [-0.2, 0) is 6.54 Å². The van der Waals surface area contributed by atoms with Gasteiger partial charge in [0.15, 0.2) is 11.5 Å². The van der Waals surface area contributed by atoms with Gasteiger partial charge in [0.1, 0.15) is 0 Å². The van der Waals surface area contributed by atoms with Gasteiger partial charge >= 0.3 is 0 Å². The predicted octanol–water partition coefficient (Wildman–Crippen LogP) is 1.93. The van der Waals surface area contributed by atoms with Crippen molar-refractivity contribution < 1.29 is 14.6 Å². The summed E-state index contributed by atoms with van der Waals surface area (Å²) in [5.74, 6) is 1.82. The Labute approximate surface area is 111 Å². The summed E-state index contributed by atoms with van der Waals surface area (Å²) in [6.07, 6.45) is 2.08. The molecule has 0 radical (unpaired) electrons. The van der Waals surface area contributed by atoms with E-state index >= 15 is 0 Å². The largest absolute Gasteiger partial charge is 0.454 e. The van der Waals surface area contributed by atoms with Crippen LogP contribution in [0.2, 0.25) is 5.02 Å². The first-order valence-corrected chi connectivity index (χ1v) is 6.58. The number of aliphatic hydroxyl groups excluding tert-OH is 1. The van der Waals surface area contributed by atoms with Gasteiger partial charge in [0, 0.05) is 13.1 Å². The Balaban J connectivity index is 1.57. The summed E-state index contributed by atoms with van der Waals surface area (Å²) < 4.78 is 10.6. The summed E-state index contributed by atoms with van der Waals surface area (Å²) in [4.78, 5) is 0. The van der Waals surface area contributed by atoms with Crippen LogP contribution in [-0.4, -0.2) is 24.5 Å². The first kappa shape index (κ1) is 12.1. The second-order valence-corrected chi connectivity index (χ2v) is 5.25. The molecule has 0 aromatic heterocycles. The molecule has 2 N–H and O–H groups in total. The van der Waals surface area contributed by atoms with E-state index in [4.69, 9.17) is 21.1 Å². The summed E-state index contributed by atoms with van der Waals surface area (Å²) in [5.41, 5.74) is 1.03. The van der Waals surface area contributed by atoms with Crippen LogP contribution < -0.4 is 14.8 Å². The summed E-state index contributed by atoms with van der Waals surface area (Å²) in [5, 5.41) is 13.6. The number of hydrogen-bond donors (Lipinski definition) is 2. The van der Waals surface area contributed by atoms with Crippen LogP contribution >= 0.6 is 11.6 Å². The van der Waals surface area contributed by atoms with Crippen LogP contribution in [0.15, 0.2) is 12.1 Å². The lowest BCUT2D eigenvalue weighted by molar-refractivity contribution is 0.148. The molecule has 98 valence electrons. The molecule has 4 nitrogen and oxygen atoms in total. The standard InChI is InChI=1S/C13H16ClNO3/c14-10-3-8(4-12-13(10)18-7-17-12)5-15-6-11(16)9-1-2-9/h3-4,9,11,15-16H,1-2,5-7H2. The highest BCUT2D eigenvalue weighted by Crippen LogP contribution is 2.39. The molecule has 1 fully saturated rings. The summed E-state index contributed by atoms with van der Waals surface area (Å²) in [6, 6.07) is 3.79. The van der Waals surface area contributed by atoms with Crippen molar-refractivity contribution in [3.63, 3.8) is 0 Å². The number of hydrogen-bond acceptors (Lipinski definition) is 4. The molecule has 0 amide bonds. The highest BCUT2D eigenvalue weighted by atomic mass is 35.5. The average Bonchev–Trinajstić information content (AvgIpc) is 3.08. The van der Waals surface area contributed by atoms with E-state index in [-0.39, 0.29) is 12.9 Å². The average molecular weight is 270 g/mol. The quantitative estimate of drug-likeness (QED) is 0.858. The Morgan fingerprint density at radius 3 is 3.00 bits per heavy atom. The second kappa shape index (κ2) is 4.96. The third-order valence-corrected chi connectivity index (χ3v) is 3.62. The van der Waals surface area contributed by atoms with Gasteiger partial charge in [-0.05, 0) is 36.5 Å². The normalized spacial score (nSPS) is 19.0. The molecule has 1 saturated carbocycles. The lowest BCUT2D eigenvalue weighted by Gasteiger charge is -2.11. The zero-order chi connectivity index (χ0) is 12.5. The van der Waals surface area contributed by atoms with E-state index in [2.05, 4.69) is 5.32 Å². The molecule has 1 aliphatic heterocycles. The van der Waals surface area contributed by atoms with E-state index in [1.165, 1.54) is 0 Å². The SMILES string of the molecule is OC(CNCc1cc(Cl)c2c(c1)OCO2)C1CC1. The van der Waals surface area contributed by atoms with Gasteiger partial charge in [-0.1, -0.05) is 11.6 Å². The van der Waals surface area contributed by atoms with Gasteiger partial charge < -0.3 is 19.9 Å². The van der Waals surface area contributed by atoms with Crippen molar-refractivity contribution in [3.8, 4) is 11.5 Å². The third kappa shape index (κ3) is 2.55. The van der Waals surface area contributed by atoms with Crippen molar-refractivity contribution in [2.75, 3.05) is 13.3 Å². The maximum atomic E-state index is 9.74. The highest BCUT2D eigenvalue weighted by Gasteiger charge is 2.29. The van der Waals surface area contributed by atoms with Gasteiger partial charge in [-0.25, -0.2) is 0 Å². The molecule has 0 spiro atoms. The van der Waals surface area contributed by atoms with Crippen LogP contribution in [0.5, 0.6) is 11.5 Å². The number of aliphatic hydroxyl groups is 1. The molecule has 18 heavy (non-hydrogen) atoms. The minimum absolute atomic E-state index is 0.227. The molecule has 3 rings (SSSR count). The minimum atomic E-state index is -0.227. The monoisotopic (exact) mass is 269 g/mol. The third-order valence-electron chi connectivity index (χ3n) is 3.34. The van der Waals surface area contributed by atoms with Crippen molar-refractivity contribution in [2.45, 2.75) is 25.5 Å². The number of nitrogens with one attached hydrogen (secondary N) is 1. The molecule has 0 saturated heterocycles. The van der Waals surface area contributed by atoms with E-state index < -0.39 is 0 Å². The van der Waals surface area contributed by atoms with E-state index in [1.807, 2.05) is 12.1 Å². The van der Waals surface area contributed by atoms with Crippen LogP contribution in [0.4, 0.5) is 0 Å². The van der Waals surface area contributed by atoms with Crippen molar-refractivity contribution in [1.82, 2.24) is 5.32 Å². The maximum Gasteiger partial charge on any atom is 0.231 e. The Morgan fingerprint density at radius 1 is 1.39 bits per heavy atom. The van der Waals surface area contributed by atoms with E-state index in [0.29, 0.717) is 35.5 Å². The van der Waals surface area contributed by atoms with Crippen molar-refractivity contribution in [2.24, 2.45) is 5.92 Å². The molecular weight excluding hydrogens is 254 g/mol. The van der Waals surface area contributed by atoms with E-state index in [1.54, 1.807) is 0 Å². The Bertz CT molecular complexity index is 448. The molecule has 5 heteroatoms. The molecular formula is C13H16ClNO3. The maximum absolute atomic E-state index is 9.74. The van der Waals surface area contributed by atoms with Crippen LogP contribution in [0.25, 0.3) is 0 Å². The van der Waals surface area contributed by atoms with Crippen molar-refractivity contribution in [1.29, 1.82) is 0 Å². The fourth-order valence-corrected chi connectivity index (χ4v) is 2.42. The molecule has 1 aromatic rings. The molecule has 1 aliphatic carbocycles. The summed E-state index contributed by atoms with van der Waals surface area (Å²) in [7, 11) is 0. The molecule has 2 aliphatic rings. The fourth-order valence-electron chi connectivity index (χ4n) is 2.13. The van der Waals surface area contributed by atoms with Crippen LogP contribution in [0.3, 0.4) is 0 Å². The Kier molecular flexibility index (Phi) is 3.33. The summed E-state index contributed by atoms with van der Waals surface area (Å²) in [6.45, 7) is 1.52. The van der Waals surface area contributed by atoms with Crippen LogP contribution in [0.1, 0.15) is 18.4 Å². The number of rotatable bonds is 5. The number of benzene rings is 1. The zero-order valence-electron chi connectivity index (χ0n) is 9.99. The lowest BCUT2D eigenvalue weighted by atomic mass is 10.2. The van der Waals surface area contributed by atoms with E-state index in [9.17, 15) is 5.11 Å². The molecule has 1 unspecified atom stereocenters. The highest BCUT2D eigenvalue weighted by molar-refractivity contribution is 6.32. The predicted molar refractivity (Wildman–Crippen MR) is 68.0 cm³/mol. The van der Waals surface area contributed by atoms with Crippen LogP contribution in [0, 0.1) is 5.92 Å². The van der Waals surface area contributed by atoms with Gasteiger partial charge in [-0.15, -0.1) is 0 Å². The number of ether oxygens (including phenoxy) is 2. The fraction of sp³-hybridized carbons (Fsp3) is 0.538. The number of fused-ring (bicyclic) bond motifs is 1. The van der Waals surface area contributed by atoms with Gasteiger partial charge in [0.25, 0.3) is 0 Å². The smallest absolute Gasteiger partial charge is 0.231 e. The first-order valence-electron chi connectivity index (χ1n) is 6.21. The minimum Gasteiger partial charge on any atom is -0.454 e. The van der Waals surface area contributed by atoms with E-state index in [0.717, 1.165) is 18.4 Å². The van der Waals surface area contributed by atoms with Gasteiger partial charge in [0.05, 0.1) is 11.1 Å². The van der Waals surface area contributed by atoms with Gasteiger partial charge in [-0.3, -0.25) is 0 Å². The molecule has 1 atom stereocenters.